The predicted molar refractivity (Wildman–Crippen MR) is 81.4 cm³/mol. The number of unbranched alkanes of at least 4 members (excludes halogenated alkanes) is 4. The van der Waals surface area contributed by atoms with Crippen molar-refractivity contribution in [2.75, 3.05) is 0 Å². The van der Waals surface area contributed by atoms with Gasteiger partial charge in [-0.05, 0) is 12.8 Å². The fourth-order valence-corrected chi connectivity index (χ4v) is 2.75. The van der Waals surface area contributed by atoms with Crippen molar-refractivity contribution in [3.05, 3.63) is 11.5 Å². The highest BCUT2D eigenvalue weighted by atomic mass is 16.6. The first-order valence-electron chi connectivity index (χ1n) is 8.10. The Labute approximate surface area is 131 Å². The Hall–Kier alpha value is -1.27. The lowest BCUT2D eigenvalue weighted by molar-refractivity contribution is -0.163. The van der Waals surface area contributed by atoms with E-state index in [0.717, 1.165) is 38.5 Å². The van der Waals surface area contributed by atoms with Crippen molar-refractivity contribution in [1.29, 1.82) is 0 Å². The van der Waals surface area contributed by atoms with Crippen molar-refractivity contribution in [2.24, 2.45) is 0 Å². The van der Waals surface area contributed by atoms with Crippen LogP contribution in [0.5, 0.6) is 0 Å². The Morgan fingerprint density at radius 3 is 1.95 bits per heavy atom. The molecular formula is C16H28O6. The number of aliphatic hydroxyl groups is 4. The van der Waals surface area contributed by atoms with Crippen LogP contribution in [-0.4, -0.2) is 44.2 Å². The van der Waals surface area contributed by atoms with E-state index in [1.165, 1.54) is 0 Å². The molecule has 6 heteroatoms. The van der Waals surface area contributed by atoms with E-state index in [4.69, 9.17) is 4.74 Å². The Bertz CT molecular complexity index is 393. The lowest BCUT2D eigenvalue weighted by Gasteiger charge is -2.35. The van der Waals surface area contributed by atoms with Gasteiger partial charge in [0.1, 0.15) is 6.10 Å². The maximum absolute atomic E-state index is 11.3. The van der Waals surface area contributed by atoms with Crippen LogP contribution in [0.15, 0.2) is 11.5 Å². The van der Waals surface area contributed by atoms with Crippen LogP contribution in [0.4, 0.5) is 0 Å². The third-order valence-corrected chi connectivity index (χ3v) is 4.20. The number of esters is 1. The summed E-state index contributed by atoms with van der Waals surface area (Å²) in [6, 6.07) is 0. The van der Waals surface area contributed by atoms with Crippen LogP contribution < -0.4 is 0 Å². The maximum atomic E-state index is 11.3. The zero-order valence-corrected chi connectivity index (χ0v) is 13.4. The maximum Gasteiger partial charge on any atom is 0.377 e. The average molecular weight is 316 g/mol. The zero-order chi connectivity index (χ0) is 16.8. The summed E-state index contributed by atoms with van der Waals surface area (Å²) in [6.45, 7) is 4.08. The van der Waals surface area contributed by atoms with Crippen LogP contribution in [0, 0.1) is 0 Å². The highest BCUT2D eigenvalue weighted by Crippen LogP contribution is 2.33. The van der Waals surface area contributed by atoms with Crippen LogP contribution in [0.2, 0.25) is 0 Å². The Morgan fingerprint density at radius 2 is 1.59 bits per heavy atom. The minimum atomic E-state index is -1.46. The van der Waals surface area contributed by atoms with E-state index in [1.807, 2.05) is 13.8 Å². The molecule has 0 saturated carbocycles. The van der Waals surface area contributed by atoms with Gasteiger partial charge in [0.05, 0.1) is 5.60 Å². The lowest BCUT2D eigenvalue weighted by atomic mass is 9.82. The molecule has 0 aromatic heterocycles. The molecular weight excluding hydrogens is 288 g/mol. The zero-order valence-electron chi connectivity index (χ0n) is 13.4. The molecule has 128 valence electrons. The summed E-state index contributed by atoms with van der Waals surface area (Å²) >= 11 is 0. The van der Waals surface area contributed by atoms with Crippen LogP contribution in [0.25, 0.3) is 0 Å². The second-order valence-corrected chi connectivity index (χ2v) is 6.02. The van der Waals surface area contributed by atoms with Crippen LogP contribution >= 0.6 is 0 Å². The summed E-state index contributed by atoms with van der Waals surface area (Å²) in [5.74, 6) is -2.68. The number of cyclic esters (lactones) is 1. The van der Waals surface area contributed by atoms with Crippen LogP contribution in [-0.2, 0) is 9.53 Å². The van der Waals surface area contributed by atoms with Crippen molar-refractivity contribution < 1.29 is 30.0 Å². The van der Waals surface area contributed by atoms with Gasteiger partial charge in [0.25, 0.3) is 0 Å². The first-order valence-corrected chi connectivity index (χ1v) is 8.10. The minimum Gasteiger partial charge on any atom is -0.505 e. The summed E-state index contributed by atoms with van der Waals surface area (Å²) in [5.41, 5.74) is -1.45. The van der Waals surface area contributed by atoms with Crippen molar-refractivity contribution in [1.82, 2.24) is 0 Å². The standard InChI is InChI=1S/C16H28O6/c1-3-5-7-9-16(21,10-8-6-4-2)14(19)13-11(17)12(18)15(20)22-13/h13-14,17-19,21H,3-10H2,1-2H3/t13-,14+/m0/s1. The normalized spacial score (nSPS) is 20.4. The van der Waals surface area contributed by atoms with E-state index in [2.05, 4.69) is 0 Å². The van der Waals surface area contributed by atoms with Gasteiger partial charge < -0.3 is 25.2 Å². The molecule has 22 heavy (non-hydrogen) atoms. The molecule has 0 aromatic carbocycles. The molecule has 0 amide bonds. The van der Waals surface area contributed by atoms with Gasteiger partial charge in [-0.25, -0.2) is 4.79 Å². The van der Waals surface area contributed by atoms with Gasteiger partial charge in [-0.1, -0.05) is 52.4 Å². The Balaban J connectivity index is 2.82. The largest absolute Gasteiger partial charge is 0.505 e. The van der Waals surface area contributed by atoms with Crippen LogP contribution in [0.3, 0.4) is 0 Å². The fraction of sp³-hybridized carbons (Fsp3) is 0.812. The molecule has 0 spiro atoms. The summed E-state index contributed by atoms with van der Waals surface area (Å²) in [4.78, 5) is 11.3. The Morgan fingerprint density at radius 1 is 1.09 bits per heavy atom. The summed E-state index contributed by atoms with van der Waals surface area (Å²) < 4.78 is 4.78. The van der Waals surface area contributed by atoms with Crippen molar-refractivity contribution in [3.8, 4) is 0 Å². The van der Waals surface area contributed by atoms with E-state index >= 15 is 0 Å². The summed E-state index contributed by atoms with van der Waals surface area (Å²) in [5, 5.41) is 40.3. The first kappa shape index (κ1) is 18.8. The number of aliphatic hydroxyl groups excluding tert-OH is 3. The minimum absolute atomic E-state index is 0.355. The molecule has 0 fully saturated rings. The summed E-state index contributed by atoms with van der Waals surface area (Å²) in [7, 11) is 0. The van der Waals surface area contributed by atoms with Crippen molar-refractivity contribution in [2.45, 2.75) is 83.0 Å². The molecule has 2 atom stereocenters. The SMILES string of the molecule is CCCCCC(O)(CCCCC)[C@H](O)[C@H]1OC(=O)C(O)=C1O. The third kappa shape index (κ3) is 4.36. The number of rotatable bonds is 10. The number of carbonyl (C=O) groups is 1. The molecule has 0 saturated heterocycles. The van der Waals surface area contributed by atoms with E-state index in [1.54, 1.807) is 0 Å². The molecule has 1 aliphatic heterocycles. The second-order valence-electron chi connectivity index (χ2n) is 6.02. The highest BCUT2D eigenvalue weighted by Gasteiger charge is 2.48. The van der Waals surface area contributed by atoms with E-state index < -0.39 is 35.3 Å². The van der Waals surface area contributed by atoms with Gasteiger partial charge in [0, 0.05) is 0 Å². The van der Waals surface area contributed by atoms with E-state index in [-0.39, 0.29) is 0 Å². The quantitative estimate of drug-likeness (QED) is 0.364. The van der Waals surface area contributed by atoms with Gasteiger partial charge >= 0.3 is 5.97 Å². The van der Waals surface area contributed by atoms with Gasteiger partial charge in [0.15, 0.2) is 11.9 Å². The fourth-order valence-electron chi connectivity index (χ4n) is 2.75. The molecule has 1 aliphatic rings. The number of hydrogen-bond donors (Lipinski definition) is 4. The smallest absolute Gasteiger partial charge is 0.377 e. The highest BCUT2D eigenvalue weighted by molar-refractivity contribution is 5.89. The first-order chi connectivity index (χ1) is 10.4. The lowest BCUT2D eigenvalue weighted by Crippen LogP contribution is -2.50. The Kier molecular flexibility index (Phi) is 7.16. The predicted octanol–water partition coefficient (Wildman–Crippen LogP) is 2.49. The van der Waals surface area contributed by atoms with E-state index in [9.17, 15) is 25.2 Å². The molecule has 0 unspecified atom stereocenters. The number of carbonyl (C=O) groups excluding carboxylic acids is 1. The second kappa shape index (κ2) is 8.39. The molecule has 0 aliphatic carbocycles. The number of ether oxygens (including phenoxy) is 1. The van der Waals surface area contributed by atoms with Crippen molar-refractivity contribution >= 4 is 5.97 Å². The molecule has 0 bridgehead atoms. The molecule has 0 aromatic rings. The molecule has 1 heterocycles. The molecule has 4 N–H and O–H groups in total. The van der Waals surface area contributed by atoms with Gasteiger partial charge in [-0.2, -0.15) is 0 Å². The average Bonchev–Trinajstić information content (AvgIpc) is 2.74. The number of hydrogen-bond acceptors (Lipinski definition) is 6. The van der Waals surface area contributed by atoms with Gasteiger partial charge in [-0.3, -0.25) is 0 Å². The summed E-state index contributed by atoms with van der Waals surface area (Å²) in [6.07, 6.45) is 3.09. The van der Waals surface area contributed by atoms with Gasteiger partial charge in [-0.15, -0.1) is 0 Å². The molecule has 1 rings (SSSR count). The van der Waals surface area contributed by atoms with Crippen molar-refractivity contribution in [3.63, 3.8) is 0 Å². The van der Waals surface area contributed by atoms with Crippen LogP contribution in [0.1, 0.15) is 65.2 Å². The third-order valence-electron chi connectivity index (χ3n) is 4.20. The van der Waals surface area contributed by atoms with E-state index in [0.29, 0.717) is 12.8 Å². The monoisotopic (exact) mass is 316 g/mol. The topological polar surface area (TPSA) is 107 Å². The molecule has 0 radical (unpaired) electrons. The molecule has 6 nitrogen and oxygen atoms in total. The van der Waals surface area contributed by atoms with Gasteiger partial charge in [0.2, 0.25) is 5.76 Å².